The molecule has 2 aliphatic rings. The van der Waals surface area contributed by atoms with E-state index in [-0.39, 0.29) is 0 Å². The van der Waals surface area contributed by atoms with Crippen molar-refractivity contribution >= 4 is 0 Å². The Balaban J connectivity index is 1.56. The van der Waals surface area contributed by atoms with Crippen molar-refractivity contribution in [2.75, 3.05) is 39.3 Å². The van der Waals surface area contributed by atoms with Gasteiger partial charge in [-0.25, -0.2) is 0 Å². The quantitative estimate of drug-likeness (QED) is 0.922. The molecule has 1 aromatic rings. The Morgan fingerprint density at radius 2 is 2.00 bits per heavy atom. The minimum absolute atomic E-state index is 0.484. The third-order valence-electron chi connectivity index (χ3n) is 5.48. The van der Waals surface area contributed by atoms with Gasteiger partial charge in [-0.3, -0.25) is 4.90 Å². The molecule has 2 unspecified atom stereocenters. The smallest absolute Gasteiger partial charge is 0.0237 e. The molecule has 122 valence electrons. The largest absolute Gasteiger partial charge is 0.316 e. The van der Waals surface area contributed by atoms with E-state index in [0.717, 1.165) is 6.54 Å². The second kappa shape index (κ2) is 7.12. The van der Waals surface area contributed by atoms with E-state index in [2.05, 4.69) is 59.3 Å². The van der Waals surface area contributed by atoms with Crippen LogP contribution in [0.5, 0.6) is 0 Å². The first-order valence-electron chi connectivity index (χ1n) is 8.86. The predicted octanol–water partition coefficient (Wildman–Crippen LogP) is 2.58. The monoisotopic (exact) mass is 301 g/mol. The lowest BCUT2D eigenvalue weighted by Crippen LogP contribution is -2.39. The fourth-order valence-electron chi connectivity index (χ4n) is 3.91. The first-order chi connectivity index (χ1) is 10.6. The van der Waals surface area contributed by atoms with E-state index in [0.29, 0.717) is 11.5 Å². The molecule has 0 aromatic heterocycles. The van der Waals surface area contributed by atoms with Gasteiger partial charge in [0.05, 0.1) is 0 Å². The number of rotatable bonds is 4. The summed E-state index contributed by atoms with van der Waals surface area (Å²) in [6, 6.07) is 11.6. The molecule has 3 nitrogen and oxygen atoms in total. The Hall–Kier alpha value is -0.900. The van der Waals surface area contributed by atoms with Gasteiger partial charge in [0.15, 0.2) is 0 Å². The second-order valence-corrected chi connectivity index (χ2v) is 7.61. The molecule has 2 heterocycles. The van der Waals surface area contributed by atoms with Crippen molar-refractivity contribution in [1.82, 2.24) is 15.1 Å². The highest BCUT2D eigenvalue weighted by Gasteiger charge is 2.31. The van der Waals surface area contributed by atoms with Gasteiger partial charge < -0.3 is 10.2 Å². The van der Waals surface area contributed by atoms with Crippen molar-refractivity contribution in [2.45, 2.75) is 39.3 Å². The second-order valence-electron chi connectivity index (χ2n) is 7.61. The maximum Gasteiger partial charge on any atom is 0.0237 e. The molecule has 2 atom stereocenters. The van der Waals surface area contributed by atoms with E-state index in [1.807, 2.05) is 0 Å². The van der Waals surface area contributed by atoms with Crippen LogP contribution < -0.4 is 5.32 Å². The number of hydrogen-bond acceptors (Lipinski definition) is 3. The number of benzene rings is 1. The van der Waals surface area contributed by atoms with Gasteiger partial charge in [0.2, 0.25) is 0 Å². The average molecular weight is 301 g/mol. The Bertz CT molecular complexity index is 453. The maximum atomic E-state index is 3.53. The molecule has 3 heteroatoms. The summed E-state index contributed by atoms with van der Waals surface area (Å²) in [5, 5.41) is 3.53. The Labute approximate surface area is 135 Å². The molecule has 0 saturated carbocycles. The van der Waals surface area contributed by atoms with Crippen LogP contribution in [-0.2, 0) is 6.54 Å². The van der Waals surface area contributed by atoms with Crippen LogP contribution in [0.15, 0.2) is 30.3 Å². The molecular weight excluding hydrogens is 270 g/mol. The van der Waals surface area contributed by atoms with E-state index in [4.69, 9.17) is 0 Å². The molecule has 1 aromatic carbocycles. The lowest BCUT2D eigenvalue weighted by molar-refractivity contribution is 0.175. The lowest BCUT2D eigenvalue weighted by atomic mass is 9.89. The highest BCUT2D eigenvalue weighted by molar-refractivity contribution is 5.14. The van der Waals surface area contributed by atoms with Gasteiger partial charge in [-0.05, 0) is 43.8 Å². The summed E-state index contributed by atoms with van der Waals surface area (Å²) in [6.07, 6.45) is 2.61. The van der Waals surface area contributed by atoms with Gasteiger partial charge in [-0.2, -0.15) is 0 Å². The summed E-state index contributed by atoms with van der Waals surface area (Å²) in [6.45, 7) is 13.2. The van der Waals surface area contributed by atoms with E-state index in [1.54, 1.807) is 0 Å². The molecule has 0 radical (unpaired) electrons. The zero-order chi connectivity index (χ0) is 15.4. The van der Waals surface area contributed by atoms with E-state index < -0.39 is 0 Å². The van der Waals surface area contributed by atoms with Gasteiger partial charge in [0.1, 0.15) is 0 Å². The fourth-order valence-corrected chi connectivity index (χ4v) is 3.91. The third-order valence-corrected chi connectivity index (χ3v) is 5.48. The number of nitrogens with zero attached hydrogens (tertiary/aromatic N) is 2. The van der Waals surface area contributed by atoms with Crippen molar-refractivity contribution in [3.8, 4) is 0 Å². The summed E-state index contributed by atoms with van der Waals surface area (Å²) in [5.74, 6) is 0. The van der Waals surface area contributed by atoms with Crippen molar-refractivity contribution in [2.24, 2.45) is 5.41 Å². The Morgan fingerprint density at radius 3 is 2.73 bits per heavy atom. The van der Waals surface area contributed by atoms with Crippen LogP contribution in [0.1, 0.15) is 32.3 Å². The normalized spacial score (nSPS) is 31.3. The Kier molecular flexibility index (Phi) is 5.17. The van der Waals surface area contributed by atoms with Crippen molar-refractivity contribution < 1.29 is 0 Å². The van der Waals surface area contributed by atoms with Crippen LogP contribution in [0.3, 0.4) is 0 Å². The van der Waals surface area contributed by atoms with Gasteiger partial charge in [0, 0.05) is 38.8 Å². The standard InChI is InChI=1S/C19H31N3/c1-17-8-11-21(16-19(2)9-10-20-15-19)12-13-22(17)14-18-6-4-3-5-7-18/h3-7,17,20H,8-16H2,1-2H3. The summed E-state index contributed by atoms with van der Waals surface area (Å²) in [4.78, 5) is 5.36. The zero-order valence-corrected chi connectivity index (χ0v) is 14.2. The SMILES string of the molecule is CC1CCN(CC2(C)CCNC2)CCN1Cc1ccccc1. The molecule has 2 aliphatic heterocycles. The molecule has 2 fully saturated rings. The Morgan fingerprint density at radius 1 is 1.18 bits per heavy atom. The van der Waals surface area contributed by atoms with Crippen molar-refractivity contribution in [3.05, 3.63) is 35.9 Å². The molecule has 0 spiro atoms. The van der Waals surface area contributed by atoms with Crippen molar-refractivity contribution in [3.63, 3.8) is 0 Å². The summed E-state index contributed by atoms with van der Waals surface area (Å²) in [7, 11) is 0. The zero-order valence-electron chi connectivity index (χ0n) is 14.2. The fraction of sp³-hybridized carbons (Fsp3) is 0.684. The molecule has 0 aliphatic carbocycles. The van der Waals surface area contributed by atoms with Crippen LogP contribution in [0.25, 0.3) is 0 Å². The van der Waals surface area contributed by atoms with Crippen LogP contribution in [0.2, 0.25) is 0 Å². The molecule has 0 bridgehead atoms. The summed E-state index contributed by atoms with van der Waals surface area (Å²) < 4.78 is 0. The van der Waals surface area contributed by atoms with Gasteiger partial charge in [0.25, 0.3) is 0 Å². The van der Waals surface area contributed by atoms with Gasteiger partial charge >= 0.3 is 0 Å². The van der Waals surface area contributed by atoms with Gasteiger partial charge in [-0.15, -0.1) is 0 Å². The van der Waals surface area contributed by atoms with E-state index in [9.17, 15) is 0 Å². The molecule has 1 N–H and O–H groups in total. The van der Waals surface area contributed by atoms with Gasteiger partial charge in [-0.1, -0.05) is 37.3 Å². The first-order valence-corrected chi connectivity index (χ1v) is 8.86. The summed E-state index contributed by atoms with van der Waals surface area (Å²) in [5.41, 5.74) is 1.92. The predicted molar refractivity (Wildman–Crippen MR) is 93.0 cm³/mol. The lowest BCUT2D eigenvalue weighted by Gasteiger charge is -2.31. The average Bonchev–Trinajstić information content (AvgIpc) is 2.88. The molecular formula is C19H31N3. The minimum atomic E-state index is 0.484. The molecule has 2 saturated heterocycles. The maximum absolute atomic E-state index is 3.53. The highest BCUT2D eigenvalue weighted by Crippen LogP contribution is 2.26. The molecule has 0 amide bonds. The van der Waals surface area contributed by atoms with E-state index in [1.165, 1.54) is 57.7 Å². The minimum Gasteiger partial charge on any atom is -0.316 e. The first kappa shape index (κ1) is 16.0. The third kappa shape index (κ3) is 4.09. The topological polar surface area (TPSA) is 18.5 Å². The highest BCUT2D eigenvalue weighted by atomic mass is 15.2. The van der Waals surface area contributed by atoms with E-state index >= 15 is 0 Å². The van der Waals surface area contributed by atoms with Crippen molar-refractivity contribution in [1.29, 1.82) is 0 Å². The van der Waals surface area contributed by atoms with Crippen LogP contribution >= 0.6 is 0 Å². The summed E-state index contributed by atoms with van der Waals surface area (Å²) >= 11 is 0. The molecule has 3 rings (SSSR count). The number of nitrogens with one attached hydrogen (secondary N) is 1. The van der Waals surface area contributed by atoms with Crippen LogP contribution in [0, 0.1) is 5.41 Å². The van der Waals surface area contributed by atoms with Crippen LogP contribution in [0.4, 0.5) is 0 Å². The number of hydrogen-bond donors (Lipinski definition) is 1. The van der Waals surface area contributed by atoms with Crippen LogP contribution in [-0.4, -0.2) is 55.1 Å². The molecule has 22 heavy (non-hydrogen) atoms.